The lowest BCUT2D eigenvalue weighted by molar-refractivity contribution is -0.106. The molecule has 1 amide bonds. The standard InChI is InChI=1S/C7H9N.CH3NO/c1-6-2-4-7(8)5-3-6;2-1-3/h2-5H,8H2,1H3;1H,(H2,2,3). The van der Waals surface area contributed by atoms with E-state index in [2.05, 4.69) is 5.73 Å². The van der Waals surface area contributed by atoms with E-state index in [0.29, 0.717) is 0 Å². The predicted molar refractivity (Wildman–Crippen MR) is 45.8 cm³/mol. The van der Waals surface area contributed by atoms with Gasteiger partial charge in [-0.25, -0.2) is 0 Å². The van der Waals surface area contributed by atoms with Gasteiger partial charge in [-0.1, -0.05) is 17.7 Å². The van der Waals surface area contributed by atoms with Crippen molar-refractivity contribution in [1.29, 1.82) is 0 Å². The summed E-state index contributed by atoms with van der Waals surface area (Å²) in [4.78, 5) is 8.58. The van der Waals surface area contributed by atoms with Crippen LogP contribution < -0.4 is 11.5 Å². The molecule has 0 saturated carbocycles. The molecule has 1 aromatic rings. The number of hydrogen-bond acceptors (Lipinski definition) is 2. The van der Waals surface area contributed by atoms with Crippen LogP contribution in [0.15, 0.2) is 24.3 Å². The van der Waals surface area contributed by atoms with Crippen LogP contribution in [0.2, 0.25) is 0 Å². The summed E-state index contributed by atoms with van der Waals surface area (Å²) in [7, 11) is 0. The molecule has 11 heavy (non-hydrogen) atoms. The monoisotopic (exact) mass is 152 g/mol. The lowest BCUT2D eigenvalue weighted by Crippen LogP contribution is -1.82. The highest BCUT2D eigenvalue weighted by Crippen LogP contribution is 2.02. The van der Waals surface area contributed by atoms with Crippen molar-refractivity contribution >= 4 is 12.1 Å². The Hall–Kier alpha value is -1.51. The molecule has 4 N–H and O–H groups in total. The minimum Gasteiger partial charge on any atom is -0.399 e. The van der Waals surface area contributed by atoms with Gasteiger partial charge in [0.15, 0.2) is 0 Å². The molecule has 0 unspecified atom stereocenters. The zero-order chi connectivity index (χ0) is 8.69. The third kappa shape index (κ3) is 4.96. The quantitative estimate of drug-likeness (QED) is 0.424. The molecule has 0 fully saturated rings. The number of anilines is 1. The van der Waals surface area contributed by atoms with E-state index < -0.39 is 0 Å². The van der Waals surface area contributed by atoms with Crippen molar-refractivity contribution in [2.75, 3.05) is 5.73 Å². The number of nitrogen functional groups attached to an aromatic ring is 1. The minimum absolute atomic E-state index is 0.250. The van der Waals surface area contributed by atoms with Crippen molar-refractivity contribution in [1.82, 2.24) is 0 Å². The summed E-state index contributed by atoms with van der Waals surface area (Å²) in [6.07, 6.45) is 0.250. The first kappa shape index (κ1) is 9.49. The maximum Gasteiger partial charge on any atom is 0.204 e. The second kappa shape index (κ2) is 5.29. The maximum absolute atomic E-state index is 8.58. The van der Waals surface area contributed by atoms with Crippen molar-refractivity contribution < 1.29 is 4.79 Å². The highest BCUT2D eigenvalue weighted by Gasteiger charge is 1.80. The Morgan fingerprint density at radius 3 is 1.91 bits per heavy atom. The molecule has 3 heteroatoms. The molecule has 0 aliphatic rings. The van der Waals surface area contributed by atoms with E-state index in [9.17, 15) is 0 Å². The number of carbonyl (C=O) groups is 1. The Kier molecular flexibility index (Phi) is 4.56. The van der Waals surface area contributed by atoms with Crippen molar-refractivity contribution in [3.8, 4) is 0 Å². The number of primary amides is 1. The molecule has 0 aliphatic heterocycles. The normalized spacial score (nSPS) is 7.73. The number of benzene rings is 1. The van der Waals surface area contributed by atoms with Crippen LogP contribution in [-0.2, 0) is 4.79 Å². The number of amides is 1. The number of rotatable bonds is 0. The summed E-state index contributed by atoms with van der Waals surface area (Å²) in [6.45, 7) is 2.04. The van der Waals surface area contributed by atoms with Crippen molar-refractivity contribution in [3.05, 3.63) is 29.8 Å². The molecule has 60 valence electrons. The second-order valence-electron chi connectivity index (χ2n) is 2.05. The Bertz CT molecular complexity index is 185. The predicted octanol–water partition coefficient (Wildman–Crippen LogP) is 0.679. The number of aryl methyl sites for hydroxylation is 1. The van der Waals surface area contributed by atoms with Crippen molar-refractivity contribution in [2.24, 2.45) is 5.73 Å². The Morgan fingerprint density at radius 1 is 1.27 bits per heavy atom. The second-order valence-corrected chi connectivity index (χ2v) is 2.05. The maximum atomic E-state index is 8.58. The molecule has 3 nitrogen and oxygen atoms in total. The fourth-order valence-corrected chi connectivity index (χ4v) is 0.566. The molecular weight excluding hydrogens is 140 g/mol. The summed E-state index contributed by atoms with van der Waals surface area (Å²) < 4.78 is 0. The van der Waals surface area contributed by atoms with Crippen LogP contribution in [0.1, 0.15) is 5.56 Å². The molecule has 0 atom stereocenters. The summed E-state index contributed by atoms with van der Waals surface area (Å²) in [6, 6.07) is 7.79. The van der Waals surface area contributed by atoms with E-state index in [0.717, 1.165) is 5.69 Å². The molecule has 0 spiro atoms. The van der Waals surface area contributed by atoms with Gasteiger partial charge in [0.25, 0.3) is 0 Å². The SMILES string of the molecule is Cc1ccc(N)cc1.NC=O. The average Bonchev–Trinajstić information content (AvgIpc) is 1.97. The van der Waals surface area contributed by atoms with Gasteiger partial charge in [-0.2, -0.15) is 0 Å². The zero-order valence-electron chi connectivity index (χ0n) is 6.45. The molecular formula is C8H12N2O. The summed E-state index contributed by atoms with van der Waals surface area (Å²) in [5.74, 6) is 0. The summed E-state index contributed by atoms with van der Waals surface area (Å²) in [5, 5.41) is 0. The van der Waals surface area contributed by atoms with Gasteiger partial charge in [0.1, 0.15) is 0 Å². The van der Waals surface area contributed by atoms with Gasteiger partial charge >= 0.3 is 0 Å². The highest BCUT2D eigenvalue weighted by atomic mass is 16.1. The fourth-order valence-electron chi connectivity index (χ4n) is 0.566. The largest absolute Gasteiger partial charge is 0.399 e. The molecule has 0 radical (unpaired) electrons. The van der Waals surface area contributed by atoms with E-state index >= 15 is 0 Å². The molecule has 0 aliphatic carbocycles. The number of carbonyl (C=O) groups excluding carboxylic acids is 1. The molecule has 1 aromatic carbocycles. The van der Waals surface area contributed by atoms with E-state index in [4.69, 9.17) is 10.5 Å². The van der Waals surface area contributed by atoms with Crippen molar-refractivity contribution in [2.45, 2.75) is 6.92 Å². The van der Waals surface area contributed by atoms with E-state index in [1.807, 2.05) is 31.2 Å². The van der Waals surface area contributed by atoms with E-state index in [1.165, 1.54) is 5.56 Å². The smallest absolute Gasteiger partial charge is 0.204 e. The van der Waals surface area contributed by atoms with Gasteiger partial charge < -0.3 is 11.5 Å². The summed E-state index contributed by atoms with van der Waals surface area (Å²) >= 11 is 0. The van der Waals surface area contributed by atoms with Gasteiger partial charge in [0.05, 0.1) is 0 Å². The van der Waals surface area contributed by atoms with Gasteiger partial charge in [-0.3, -0.25) is 4.79 Å². The lowest BCUT2D eigenvalue weighted by Gasteiger charge is -1.90. The zero-order valence-corrected chi connectivity index (χ0v) is 6.45. The average molecular weight is 152 g/mol. The Balaban J connectivity index is 0.000000292. The number of hydrogen-bond donors (Lipinski definition) is 2. The Morgan fingerprint density at radius 2 is 1.64 bits per heavy atom. The van der Waals surface area contributed by atoms with E-state index in [-0.39, 0.29) is 6.41 Å². The van der Waals surface area contributed by atoms with Crippen molar-refractivity contribution in [3.63, 3.8) is 0 Å². The van der Waals surface area contributed by atoms with E-state index in [1.54, 1.807) is 0 Å². The summed E-state index contributed by atoms with van der Waals surface area (Å²) in [5.41, 5.74) is 11.7. The first-order chi connectivity index (χ1) is 5.20. The van der Waals surface area contributed by atoms with Gasteiger partial charge in [0, 0.05) is 5.69 Å². The molecule has 0 aromatic heterocycles. The highest BCUT2D eigenvalue weighted by molar-refractivity contribution is 5.42. The first-order valence-corrected chi connectivity index (χ1v) is 3.18. The Labute approximate surface area is 66.0 Å². The molecule has 1 rings (SSSR count). The van der Waals surface area contributed by atoms with Crippen LogP contribution in [0.25, 0.3) is 0 Å². The van der Waals surface area contributed by atoms with Crippen LogP contribution in [0.3, 0.4) is 0 Å². The third-order valence-corrected chi connectivity index (χ3v) is 1.08. The minimum atomic E-state index is 0.250. The number of nitrogens with two attached hydrogens (primary N) is 2. The van der Waals surface area contributed by atoms with Crippen LogP contribution in [0, 0.1) is 6.92 Å². The third-order valence-electron chi connectivity index (χ3n) is 1.08. The van der Waals surface area contributed by atoms with Crippen LogP contribution in [-0.4, -0.2) is 6.41 Å². The molecule has 0 saturated heterocycles. The van der Waals surface area contributed by atoms with Crippen LogP contribution in [0.4, 0.5) is 5.69 Å². The topological polar surface area (TPSA) is 69.1 Å². The molecule has 0 bridgehead atoms. The lowest BCUT2D eigenvalue weighted by atomic mass is 10.2. The molecule has 0 heterocycles. The fraction of sp³-hybridized carbons (Fsp3) is 0.125. The van der Waals surface area contributed by atoms with Crippen LogP contribution >= 0.6 is 0 Å². The first-order valence-electron chi connectivity index (χ1n) is 3.18. The van der Waals surface area contributed by atoms with Gasteiger partial charge in [-0.15, -0.1) is 0 Å². The van der Waals surface area contributed by atoms with Crippen LogP contribution in [0.5, 0.6) is 0 Å². The van der Waals surface area contributed by atoms with Gasteiger partial charge in [-0.05, 0) is 19.1 Å². The van der Waals surface area contributed by atoms with Gasteiger partial charge in [0.2, 0.25) is 6.41 Å².